The van der Waals surface area contributed by atoms with Crippen molar-refractivity contribution in [1.29, 1.82) is 0 Å². The van der Waals surface area contributed by atoms with Gasteiger partial charge in [-0.05, 0) is 58.4 Å². The molecule has 1 aromatic heterocycles. The Balaban J connectivity index is 1.85. The number of hydrogen-bond acceptors (Lipinski definition) is 5. The number of nitrogens with one attached hydrogen (secondary N) is 2. The van der Waals surface area contributed by atoms with Crippen LogP contribution in [0.2, 0.25) is 0 Å². The highest BCUT2D eigenvalue weighted by Crippen LogP contribution is 2.32. The van der Waals surface area contributed by atoms with E-state index in [1.54, 1.807) is 43.6 Å². The van der Waals surface area contributed by atoms with Gasteiger partial charge in [0.15, 0.2) is 0 Å². The zero-order valence-electron chi connectivity index (χ0n) is 14.7. The number of hydrogen-bond donors (Lipinski definition) is 3. The van der Waals surface area contributed by atoms with Crippen LogP contribution in [0.4, 0.5) is 5.69 Å². The van der Waals surface area contributed by atoms with E-state index < -0.39 is 0 Å². The van der Waals surface area contributed by atoms with Gasteiger partial charge in [0.25, 0.3) is 5.91 Å². The molecular formula is C19H19BrN4O3. The zero-order chi connectivity index (χ0) is 19.2. The number of halogens is 1. The van der Waals surface area contributed by atoms with Crippen LogP contribution < -0.4 is 20.5 Å². The predicted molar refractivity (Wildman–Crippen MR) is 107 cm³/mol. The van der Waals surface area contributed by atoms with Gasteiger partial charge in [-0.15, -0.1) is 0 Å². The Kier molecular flexibility index (Phi) is 6.10. The highest BCUT2D eigenvalue weighted by Gasteiger charge is 2.13. The molecule has 140 valence electrons. The number of nitrogens with two attached hydrogens (primary N) is 1. The van der Waals surface area contributed by atoms with Crippen LogP contribution in [0, 0.1) is 0 Å². The molecule has 0 bridgehead atoms. The number of rotatable bonds is 7. The number of carbonyl (C=O) groups is 1. The molecule has 0 unspecified atom stereocenters. The van der Waals surface area contributed by atoms with Crippen molar-refractivity contribution >= 4 is 27.5 Å². The van der Waals surface area contributed by atoms with Crippen molar-refractivity contribution in [1.82, 2.24) is 10.2 Å². The highest BCUT2D eigenvalue weighted by molar-refractivity contribution is 9.10. The Morgan fingerprint density at radius 3 is 2.70 bits per heavy atom. The monoisotopic (exact) mass is 430 g/mol. The largest absolute Gasteiger partial charge is 0.496 e. The molecule has 1 heterocycles. The fraction of sp³-hybridized carbons (Fsp3) is 0.158. The van der Waals surface area contributed by atoms with Crippen LogP contribution in [0.25, 0.3) is 11.3 Å². The minimum absolute atomic E-state index is 0.232. The van der Waals surface area contributed by atoms with Crippen molar-refractivity contribution in [2.24, 2.45) is 5.73 Å². The molecular weight excluding hydrogens is 412 g/mol. The summed E-state index contributed by atoms with van der Waals surface area (Å²) in [5.41, 5.74) is 8.24. The number of nitrogens with zero attached hydrogens (tertiary/aromatic N) is 1. The third-order valence-electron chi connectivity index (χ3n) is 3.82. The summed E-state index contributed by atoms with van der Waals surface area (Å²) in [4.78, 5) is 12.6. The smallest absolute Gasteiger partial charge is 0.255 e. The average Bonchev–Trinajstić information content (AvgIpc) is 3.21. The highest BCUT2D eigenvalue weighted by atomic mass is 79.9. The molecule has 0 aliphatic carbocycles. The third-order valence-corrected chi connectivity index (χ3v) is 4.44. The maximum atomic E-state index is 12.6. The second-order valence-electron chi connectivity index (χ2n) is 5.62. The summed E-state index contributed by atoms with van der Waals surface area (Å²) in [6.45, 7) is 0.806. The number of ether oxygens (including phenoxy) is 2. The van der Waals surface area contributed by atoms with Crippen LogP contribution in [0.1, 0.15) is 10.4 Å². The minimum atomic E-state index is -0.232. The van der Waals surface area contributed by atoms with Crippen molar-refractivity contribution in [3.8, 4) is 22.8 Å². The molecule has 0 aliphatic rings. The van der Waals surface area contributed by atoms with Gasteiger partial charge in [-0.3, -0.25) is 9.89 Å². The average molecular weight is 431 g/mol. The molecule has 27 heavy (non-hydrogen) atoms. The summed E-state index contributed by atoms with van der Waals surface area (Å²) < 4.78 is 11.6. The van der Waals surface area contributed by atoms with Crippen LogP contribution in [0.5, 0.6) is 11.5 Å². The van der Waals surface area contributed by atoms with Crippen molar-refractivity contribution in [2.75, 3.05) is 25.6 Å². The maximum Gasteiger partial charge on any atom is 0.255 e. The Morgan fingerprint density at radius 1 is 1.22 bits per heavy atom. The molecule has 0 spiro atoms. The Bertz CT molecular complexity index is 929. The van der Waals surface area contributed by atoms with Gasteiger partial charge in [0, 0.05) is 29.6 Å². The van der Waals surface area contributed by atoms with Crippen LogP contribution >= 0.6 is 15.9 Å². The number of methoxy groups -OCH3 is 1. The first-order chi connectivity index (χ1) is 13.1. The van der Waals surface area contributed by atoms with Crippen molar-refractivity contribution < 1.29 is 14.3 Å². The van der Waals surface area contributed by atoms with Crippen LogP contribution in [0.3, 0.4) is 0 Å². The van der Waals surface area contributed by atoms with Gasteiger partial charge in [0.1, 0.15) is 18.1 Å². The molecule has 3 rings (SSSR count). The van der Waals surface area contributed by atoms with E-state index in [-0.39, 0.29) is 5.91 Å². The first-order valence-corrected chi connectivity index (χ1v) is 9.03. The van der Waals surface area contributed by atoms with Gasteiger partial charge in [0.05, 0.1) is 17.3 Å². The maximum absolute atomic E-state index is 12.6. The standard InChI is InChI=1S/C19H19BrN4O3/c1-26-18-4-2-12(10-15(18)20)19(25)23-13-3-5-17(27-9-7-21)14(11-13)16-6-8-22-24-16/h2-6,8,10-11H,7,9,21H2,1H3,(H,22,24)(H,23,25). The second-order valence-corrected chi connectivity index (χ2v) is 6.48. The number of H-pyrrole nitrogens is 1. The van der Waals surface area contributed by atoms with Gasteiger partial charge in [-0.2, -0.15) is 5.10 Å². The molecule has 2 aromatic carbocycles. The molecule has 1 amide bonds. The normalized spacial score (nSPS) is 10.5. The molecule has 0 atom stereocenters. The minimum Gasteiger partial charge on any atom is -0.496 e. The first kappa shape index (κ1) is 18.9. The number of benzene rings is 2. The number of aromatic amines is 1. The van der Waals surface area contributed by atoms with Crippen LogP contribution in [-0.2, 0) is 0 Å². The van der Waals surface area contributed by atoms with Gasteiger partial charge in [0.2, 0.25) is 0 Å². The molecule has 3 aromatic rings. The summed E-state index contributed by atoms with van der Waals surface area (Å²) in [6.07, 6.45) is 1.65. The van der Waals surface area contributed by atoms with E-state index in [2.05, 4.69) is 31.4 Å². The quantitative estimate of drug-likeness (QED) is 0.532. The Labute approximate surface area is 165 Å². The predicted octanol–water partition coefficient (Wildman–Crippen LogP) is 3.44. The Hall–Kier alpha value is -2.84. The fourth-order valence-corrected chi connectivity index (χ4v) is 3.07. The lowest BCUT2D eigenvalue weighted by Crippen LogP contribution is -2.13. The summed E-state index contributed by atoms with van der Waals surface area (Å²) in [7, 11) is 1.57. The lowest BCUT2D eigenvalue weighted by atomic mass is 10.1. The lowest BCUT2D eigenvalue weighted by molar-refractivity contribution is 0.102. The zero-order valence-corrected chi connectivity index (χ0v) is 16.2. The topological polar surface area (TPSA) is 102 Å². The van der Waals surface area contributed by atoms with Gasteiger partial charge in [-0.1, -0.05) is 0 Å². The number of amides is 1. The molecule has 7 nitrogen and oxygen atoms in total. The van der Waals surface area contributed by atoms with E-state index >= 15 is 0 Å². The summed E-state index contributed by atoms with van der Waals surface area (Å²) in [6, 6.07) is 12.4. The van der Waals surface area contributed by atoms with E-state index in [1.807, 2.05) is 12.1 Å². The van der Waals surface area contributed by atoms with E-state index in [4.69, 9.17) is 15.2 Å². The molecule has 8 heteroatoms. The number of carbonyl (C=O) groups excluding carboxylic acids is 1. The van der Waals surface area contributed by atoms with E-state index in [0.29, 0.717) is 40.4 Å². The van der Waals surface area contributed by atoms with Crippen molar-refractivity contribution in [3.63, 3.8) is 0 Å². The molecule has 0 saturated heterocycles. The SMILES string of the molecule is COc1ccc(C(=O)Nc2ccc(OCCN)c(-c3ccn[nH]3)c2)cc1Br. The van der Waals surface area contributed by atoms with Crippen molar-refractivity contribution in [3.05, 3.63) is 58.7 Å². The fourth-order valence-electron chi connectivity index (χ4n) is 2.53. The lowest BCUT2D eigenvalue weighted by Gasteiger charge is -2.13. The molecule has 0 fully saturated rings. The van der Waals surface area contributed by atoms with Gasteiger partial charge < -0.3 is 20.5 Å². The van der Waals surface area contributed by atoms with E-state index in [9.17, 15) is 4.79 Å². The third kappa shape index (κ3) is 4.47. The van der Waals surface area contributed by atoms with E-state index in [1.165, 1.54) is 0 Å². The number of aromatic nitrogens is 2. The first-order valence-electron chi connectivity index (χ1n) is 8.24. The molecule has 0 aliphatic heterocycles. The van der Waals surface area contributed by atoms with Crippen LogP contribution in [0.15, 0.2) is 53.1 Å². The Morgan fingerprint density at radius 2 is 2.04 bits per heavy atom. The molecule has 0 radical (unpaired) electrons. The van der Waals surface area contributed by atoms with Gasteiger partial charge >= 0.3 is 0 Å². The van der Waals surface area contributed by atoms with E-state index in [0.717, 1.165) is 11.3 Å². The van der Waals surface area contributed by atoms with Crippen molar-refractivity contribution in [2.45, 2.75) is 0 Å². The summed E-state index contributed by atoms with van der Waals surface area (Å²) in [5, 5.41) is 9.78. The summed E-state index contributed by atoms with van der Waals surface area (Å²) >= 11 is 3.39. The molecule has 4 N–H and O–H groups in total. The number of anilines is 1. The summed E-state index contributed by atoms with van der Waals surface area (Å²) in [5.74, 6) is 1.09. The van der Waals surface area contributed by atoms with Crippen LogP contribution in [-0.4, -0.2) is 36.4 Å². The molecule has 0 saturated carbocycles. The van der Waals surface area contributed by atoms with Gasteiger partial charge in [-0.25, -0.2) is 0 Å². The second kappa shape index (κ2) is 8.70.